The zero-order valence-electron chi connectivity index (χ0n) is 10.7. The number of nitrogens with zero attached hydrogens (tertiary/aromatic N) is 2. The summed E-state index contributed by atoms with van der Waals surface area (Å²) in [6, 6.07) is 10.1. The van der Waals surface area contributed by atoms with Crippen molar-refractivity contribution >= 4 is 22.9 Å². The van der Waals surface area contributed by atoms with Crippen LogP contribution < -0.4 is 5.32 Å². The maximum atomic E-state index is 5.36. The number of nitrogens with one attached hydrogen (secondary N) is 1. The van der Waals surface area contributed by atoms with Crippen molar-refractivity contribution in [2.24, 2.45) is 5.10 Å². The lowest BCUT2D eigenvalue weighted by molar-refractivity contribution is 0.240. The van der Waals surface area contributed by atoms with Gasteiger partial charge in [-0.2, -0.15) is 5.10 Å². The summed E-state index contributed by atoms with van der Waals surface area (Å²) in [6.45, 7) is 2.06. The summed E-state index contributed by atoms with van der Waals surface area (Å²) in [5.74, 6) is 0. The van der Waals surface area contributed by atoms with E-state index in [1.54, 1.807) is 0 Å². The van der Waals surface area contributed by atoms with Gasteiger partial charge in [-0.3, -0.25) is 5.01 Å². The molecule has 2 rings (SSSR count). The van der Waals surface area contributed by atoms with Crippen LogP contribution >= 0.6 is 12.2 Å². The Morgan fingerprint density at radius 2 is 1.83 bits per heavy atom. The second kappa shape index (κ2) is 6.50. The molecular formula is C14H19N3S. The first kappa shape index (κ1) is 13.0. The summed E-state index contributed by atoms with van der Waals surface area (Å²) < 4.78 is 0. The van der Waals surface area contributed by atoms with E-state index in [4.69, 9.17) is 17.3 Å². The lowest BCUT2D eigenvalue weighted by atomic mass is 10.1. The predicted octanol–water partition coefficient (Wildman–Crippen LogP) is 2.42. The van der Waals surface area contributed by atoms with Gasteiger partial charge in [0.25, 0.3) is 0 Å². The van der Waals surface area contributed by atoms with Crippen LogP contribution in [0.15, 0.2) is 35.4 Å². The summed E-state index contributed by atoms with van der Waals surface area (Å²) in [4.78, 5) is 0.701. The smallest absolute Gasteiger partial charge is 0.127 e. The van der Waals surface area contributed by atoms with Crippen LogP contribution in [0.4, 0.5) is 0 Å². The van der Waals surface area contributed by atoms with Gasteiger partial charge in [0.15, 0.2) is 0 Å². The predicted molar refractivity (Wildman–Crippen MR) is 80.1 cm³/mol. The Hall–Kier alpha value is -1.42. The standard InChI is InChI=1S/C14H19N3S/c1-15-14(18)13(12-8-4-2-5-9-12)16-17-10-6-3-7-11-17/h2,4-5,8-9H,3,6-7,10-11H2,1H3,(H,15,18)/b16-13+. The van der Waals surface area contributed by atoms with Crippen LogP contribution in [0, 0.1) is 0 Å². The third-order valence-corrected chi connectivity index (χ3v) is 3.46. The summed E-state index contributed by atoms with van der Waals surface area (Å²) in [7, 11) is 1.84. The fourth-order valence-corrected chi connectivity index (χ4v) is 2.23. The van der Waals surface area contributed by atoms with Crippen LogP contribution in [-0.2, 0) is 0 Å². The van der Waals surface area contributed by atoms with Gasteiger partial charge in [0.05, 0.1) is 0 Å². The maximum absolute atomic E-state index is 5.36. The number of thiocarbonyl (C=S) groups is 1. The van der Waals surface area contributed by atoms with Crippen molar-refractivity contribution in [2.75, 3.05) is 20.1 Å². The van der Waals surface area contributed by atoms with E-state index in [2.05, 4.69) is 10.3 Å². The highest BCUT2D eigenvalue weighted by Gasteiger charge is 2.13. The summed E-state index contributed by atoms with van der Waals surface area (Å²) in [6.07, 6.45) is 3.75. The van der Waals surface area contributed by atoms with E-state index in [9.17, 15) is 0 Å². The summed E-state index contributed by atoms with van der Waals surface area (Å²) >= 11 is 5.36. The molecule has 0 amide bonds. The van der Waals surface area contributed by atoms with Crippen LogP contribution in [0.3, 0.4) is 0 Å². The molecule has 0 aromatic heterocycles. The first-order chi connectivity index (χ1) is 8.81. The van der Waals surface area contributed by atoms with Crippen molar-refractivity contribution in [2.45, 2.75) is 19.3 Å². The quantitative estimate of drug-likeness (QED) is 0.669. The molecule has 0 aliphatic carbocycles. The number of likely N-dealkylation sites (N-methyl/N-ethyl adjacent to an activating group) is 1. The number of hydrogen-bond donors (Lipinski definition) is 1. The van der Waals surface area contributed by atoms with Crippen molar-refractivity contribution < 1.29 is 0 Å². The maximum Gasteiger partial charge on any atom is 0.127 e. The molecule has 3 nitrogen and oxygen atoms in total. The van der Waals surface area contributed by atoms with Crippen LogP contribution in [-0.4, -0.2) is 35.8 Å². The Kier molecular flexibility index (Phi) is 4.70. The topological polar surface area (TPSA) is 27.6 Å². The van der Waals surface area contributed by atoms with Gasteiger partial charge in [-0.05, 0) is 19.3 Å². The van der Waals surface area contributed by atoms with E-state index < -0.39 is 0 Å². The fourth-order valence-electron chi connectivity index (χ4n) is 2.07. The second-order valence-corrected chi connectivity index (χ2v) is 4.82. The molecule has 1 heterocycles. The number of piperidine rings is 1. The van der Waals surface area contributed by atoms with Crippen LogP contribution in [0.5, 0.6) is 0 Å². The third kappa shape index (κ3) is 3.29. The molecule has 1 aliphatic heterocycles. The van der Waals surface area contributed by atoms with Crippen molar-refractivity contribution in [3.63, 3.8) is 0 Å². The van der Waals surface area contributed by atoms with Crippen LogP contribution in [0.25, 0.3) is 0 Å². The normalized spacial score (nSPS) is 16.5. The number of hydrogen-bond acceptors (Lipinski definition) is 3. The minimum absolute atomic E-state index is 0.701. The van der Waals surface area contributed by atoms with E-state index in [-0.39, 0.29) is 0 Å². The zero-order valence-corrected chi connectivity index (χ0v) is 11.5. The molecule has 1 aromatic rings. The molecule has 18 heavy (non-hydrogen) atoms. The molecule has 1 aliphatic rings. The minimum atomic E-state index is 0.701. The van der Waals surface area contributed by atoms with Gasteiger partial charge in [-0.1, -0.05) is 42.5 Å². The van der Waals surface area contributed by atoms with Crippen molar-refractivity contribution in [1.29, 1.82) is 0 Å². The highest BCUT2D eigenvalue weighted by Crippen LogP contribution is 2.11. The first-order valence-corrected chi connectivity index (χ1v) is 6.83. The average Bonchev–Trinajstić information content (AvgIpc) is 2.46. The summed E-state index contributed by atoms with van der Waals surface area (Å²) in [5.41, 5.74) is 1.94. The number of rotatable bonds is 3. The lowest BCUT2D eigenvalue weighted by Gasteiger charge is -2.25. The van der Waals surface area contributed by atoms with Gasteiger partial charge < -0.3 is 5.32 Å². The SMILES string of the molecule is CNC(=S)/C(=N/N1CCCCC1)c1ccccc1. The second-order valence-electron chi connectivity index (χ2n) is 4.41. The molecule has 0 bridgehead atoms. The van der Waals surface area contributed by atoms with Gasteiger partial charge in [0, 0.05) is 25.7 Å². The van der Waals surface area contributed by atoms with Crippen molar-refractivity contribution in [3.05, 3.63) is 35.9 Å². The van der Waals surface area contributed by atoms with E-state index in [1.165, 1.54) is 19.3 Å². The van der Waals surface area contributed by atoms with Gasteiger partial charge in [0.1, 0.15) is 10.7 Å². The molecule has 1 N–H and O–H groups in total. The Balaban J connectivity index is 2.24. The fraction of sp³-hybridized carbons (Fsp3) is 0.429. The van der Waals surface area contributed by atoms with E-state index in [1.807, 2.05) is 37.4 Å². The Labute approximate surface area is 114 Å². The monoisotopic (exact) mass is 261 g/mol. The molecule has 1 fully saturated rings. The molecule has 0 spiro atoms. The lowest BCUT2D eigenvalue weighted by Crippen LogP contribution is -2.32. The average molecular weight is 261 g/mol. The largest absolute Gasteiger partial charge is 0.378 e. The Morgan fingerprint density at radius 3 is 2.44 bits per heavy atom. The molecule has 0 saturated carbocycles. The number of benzene rings is 1. The molecule has 0 atom stereocenters. The van der Waals surface area contributed by atoms with E-state index in [0.29, 0.717) is 4.99 Å². The highest BCUT2D eigenvalue weighted by molar-refractivity contribution is 7.82. The van der Waals surface area contributed by atoms with Crippen molar-refractivity contribution in [1.82, 2.24) is 10.3 Å². The Morgan fingerprint density at radius 1 is 1.17 bits per heavy atom. The number of hydrazone groups is 1. The van der Waals surface area contributed by atoms with Crippen molar-refractivity contribution in [3.8, 4) is 0 Å². The van der Waals surface area contributed by atoms with Gasteiger partial charge in [-0.25, -0.2) is 0 Å². The molecule has 1 saturated heterocycles. The Bertz CT molecular complexity index is 422. The molecule has 0 unspecified atom stereocenters. The first-order valence-electron chi connectivity index (χ1n) is 6.42. The molecular weight excluding hydrogens is 242 g/mol. The van der Waals surface area contributed by atoms with E-state index >= 15 is 0 Å². The zero-order chi connectivity index (χ0) is 12.8. The van der Waals surface area contributed by atoms with Crippen LogP contribution in [0.1, 0.15) is 24.8 Å². The molecule has 96 valence electrons. The minimum Gasteiger partial charge on any atom is -0.378 e. The van der Waals surface area contributed by atoms with Gasteiger partial charge in [-0.15, -0.1) is 0 Å². The van der Waals surface area contributed by atoms with Gasteiger partial charge in [0.2, 0.25) is 0 Å². The molecule has 4 heteroatoms. The third-order valence-electron chi connectivity index (χ3n) is 3.06. The van der Waals surface area contributed by atoms with Gasteiger partial charge >= 0.3 is 0 Å². The van der Waals surface area contributed by atoms with E-state index in [0.717, 1.165) is 24.4 Å². The highest BCUT2D eigenvalue weighted by atomic mass is 32.1. The molecule has 1 aromatic carbocycles. The molecule has 0 radical (unpaired) electrons. The van der Waals surface area contributed by atoms with Crippen LogP contribution in [0.2, 0.25) is 0 Å². The summed E-state index contributed by atoms with van der Waals surface area (Å²) in [5, 5.41) is 9.88.